The topological polar surface area (TPSA) is 95.9 Å². The number of carbonyl (C=O) groups excluding carboxylic acids is 1. The van der Waals surface area contributed by atoms with E-state index in [1.807, 2.05) is 6.92 Å². The van der Waals surface area contributed by atoms with Crippen LogP contribution in [0.1, 0.15) is 29.5 Å². The molecule has 2 rings (SSSR count). The van der Waals surface area contributed by atoms with E-state index in [4.69, 9.17) is 22.1 Å². The molecule has 0 amide bonds. The lowest BCUT2D eigenvalue weighted by Gasteiger charge is -2.07. The third-order valence-corrected chi connectivity index (χ3v) is 2.84. The van der Waals surface area contributed by atoms with Gasteiger partial charge in [0.2, 0.25) is 0 Å². The number of aromatic nitrogens is 4. The average molecular weight is 296 g/mol. The average Bonchev–Trinajstić information content (AvgIpc) is 2.84. The maximum Gasteiger partial charge on any atom is 0.340 e. The summed E-state index contributed by atoms with van der Waals surface area (Å²) in [6.45, 7) is 2.67. The van der Waals surface area contributed by atoms with E-state index in [9.17, 15) is 4.79 Å². The van der Waals surface area contributed by atoms with Gasteiger partial charge >= 0.3 is 5.97 Å². The zero-order chi connectivity index (χ0) is 14.5. The fourth-order valence-corrected chi connectivity index (χ4v) is 1.82. The molecule has 1 heterocycles. The highest BCUT2D eigenvalue weighted by Gasteiger charge is 2.14. The minimum absolute atomic E-state index is 0.00605. The van der Waals surface area contributed by atoms with Gasteiger partial charge in [0.25, 0.3) is 0 Å². The highest BCUT2D eigenvalue weighted by Crippen LogP contribution is 2.19. The van der Waals surface area contributed by atoms with Crippen LogP contribution in [0.15, 0.2) is 18.2 Å². The number of hydrogen-bond acceptors (Lipinski definition) is 6. The molecule has 0 aliphatic heterocycles. The normalized spacial score (nSPS) is 10.5. The summed E-state index contributed by atoms with van der Waals surface area (Å²) < 4.78 is 6.75. The first-order valence-electron chi connectivity index (χ1n) is 6.09. The first-order chi connectivity index (χ1) is 9.61. The van der Waals surface area contributed by atoms with Crippen molar-refractivity contribution in [1.82, 2.24) is 20.2 Å². The maximum absolute atomic E-state index is 11.9. The van der Waals surface area contributed by atoms with E-state index in [0.29, 0.717) is 17.4 Å². The molecule has 0 atom stereocenters. The molecule has 0 saturated carbocycles. The van der Waals surface area contributed by atoms with Gasteiger partial charge in [-0.25, -0.2) is 9.48 Å². The molecule has 20 heavy (non-hydrogen) atoms. The Bertz CT molecular complexity index is 614. The number of aryl methyl sites for hydroxylation is 1. The molecular formula is C12H14ClN5O2. The van der Waals surface area contributed by atoms with Crippen molar-refractivity contribution in [3.63, 3.8) is 0 Å². The zero-order valence-corrected chi connectivity index (χ0v) is 11.7. The Labute approximate surface area is 120 Å². The van der Waals surface area contributed by atoms with Gasteiger partial charge in [-0.05, 0) is 35.0 Å². The smallest absolute Gasteiger partial charge is 0.340 e. The molecule has 0 bridgehead atoms. The van der Waals surface area contributed by atoms with E-state index in [2.05, 4.69) is 15.5 Å². The highest BCUT2D eigenvalue weighted by atomic mass is 35.5. The molecule has 0 aliphatic rings. The number of hydrogen-bond donors (Lipinski definition) is 1. The molecule has 0 radical (unpaired) electrons. The second-order valence-corrected chi connectivity index (χ2v) is 4.56. The Balaban J connectivity index is 2.03. The van der Waals surface area contributed by atoms with Crippen LogP contribution in [0, 0.1) is 0 Å². The molecule has 106 valence electrons. The minimum Gasteiger partial charge on any atom is -0.454 e. The summed E-state index contributed by atoms with van der Waals surface area (Å²) >= 11 is 5.77. The van der Waals surface area contributed by atoms with E-state index < -0.39 is 5.97 Å². The van der Waals surface area contributed by atoms with Gasteiger partial charge in [-0.15, -0.1) is 5.10 Å². The molecule has 0 saturated heterocycles. The van der Waals surface area contributed by atoms with Gasteiger partial charge in [0.05, 0.1) is 5.56 Å². The summed E-state index contributed by atoms with van der Waals surface area (Å²) in [7, 11) is 0. The number of benzene rings is 1. The van der Waals surface area contributed by atoms with Crippen LogP contribution in [0.4, 0.5) is 5.69 Å². The summed E-state index contributed by atoms with van der Waals surface area (Å²) in [5.41, 5.74) is 6.26. The fraction of sp³-hybridized carbons (Fsp3) is 0.333. The maximum atomic E-state index is 11.9. The van der Waals surface area contributed by atoms with E-state index in [-0.39, 0.29) is 17.9 Å². The van der Waals surface area contributed by atoms with E-state index in [1.54, 1.807) is 10.7 Å². The van der Waals surface area contributed by atoms with Crippen LogP contribution in [0.2, 0.25) is 5.02 Å². The third-order valence-electron chi connectivity index (χ3n) is 2.61. The number of anilines is 1. The largest absolute Gasteiger partial charge is 0.454 e. The van der Waals surface area contributed by atoms with Gasteiger partial charge in [-0.1, -0.05) is 18.5 Å². The van der Waals surface area contributed by atoms with Crippen molar-refractivity contribution in [1.29, 1.82) is 0 Å². The SMILES string of the molecule is CCCn1nnnc1COC(=O)c1ccc(Cl)cc1N. The second-order valence-electron chi connectivity index (χ2n) is 4.13. The number of rotatable bonds is 5. The van der Waals surface area contributed by atoms with Crippen molar-refractivity contribution in [2.75, 3.05) is 5.73 Å². The van der Waals surface area contributed by atoms with Gasteiger partial charge < -0.3 is 10.5 Å². The molecule has 0 spiro atoms. The quantitative estimate of drug-likeness (QED) is 0.666. The molecular weight excluding hydrogens is 282 g/mol. The summed E-state index contributed by atoms with van der Waals surface area (Å²) in [5.74, 6) is -0.0436. The Kier molecular flexibility index (Phi) is 4.52. The number of halogens is 1. The van der Waals surface area contributed by atoms with Crippen LogP contribution in [0.25, 0.3) is 0 Å². The van der Waals surface area contributed by atoms with Crippen molar-refractivity contribution in [2.24, 2.45) is 0 Å². The van der Waals surface area contributed by atoms with Crippen LogP contribution in [-0.2, 0) is 17.9 Å². The van der Waals surface area contributed by atoms with E-state index in [0.717, 1.165) is 6.42 Å². The monoisotopic (exact) mass is 295 g/mol. The molecule has 1 aromatic heterocycles. The number of tetrazole rings is 1. The van der Waals surface area contributed by atoms with Crippen LogP contribution in [0.5, 0.6) is 0 Å². The molecule has 1 aromatic carbocycles. The number of carbonyl (C=O) groups is 1. The summed E-state index contributed by atoms with van der Waals surface area (Å²) in [4.78, 5) is 11.9. The molecule has 2 N–H and O–H groups in total. The van der Waals surface area contributed by atoms with E-state index in [1.165, 1.54) is 12.1 Å². The van der Waals surface area contributed by atoms with Gasteiger partial charge in [0.15, 0.2) is 12.4 Å². The second kappa shape index (κ2) is 6.33. The first-order valence-corrected chi connectivity index (χ1v) is 6.46. The van der Waals surface area contributed by atoms with E-state index >= 15 is 0 Å². The van der Waals surface area contributed by atoms with Gasteiger partial charge in [0, 0.05) is 17.3 Å². The van der Waals surface area contributed by atoms with Crippen LogP contribution < -0.4 is 5.73 Å². The van der Waals surface area contributed by atoms with Crippen molar-refractivity contribution in [3.8, 4) is 0 Å². The summed E-state index contributed by atoms with van der Waals surface area (Å²) in [5, 5.41) is 11.6. The lowest BCUT2D eigenvalue weighted by atomic mass is 10.2. The lowest BCUT2D eigenvalue weighted by Crippen LogP contribution is -2.12. The Morgan fingerprint density at radius 1 is 1.50 bits per heavy atom. The van der Waals surface area contributed by atoms with Crippen molar-refractivity contribution >= 4 is 23.3 Å². The number of nitrogen functional groups attached to an aromatic ring is 1. The molecule has 0 aliphatic carbocycles. The predicted octanol–water partition coefficient (Wildman–Crippen LogP) is 1.68. The molecule has 7 nitrogen and oxygen atoms in total. The van der Waals surface area contributed by atoms with Gasteiger partial charge in [-0.3, -0.25) is 0 Å². The summed E-state index contributed by atoms with van der Waals surface area (Å²) in [6.07, 6.45) is 0.885. The zero-order valence-electron chi connectivity index (χ0n) is 10.9. The lowest BCUT2D eigenvalue weighted by molar-refractivity contribution is 0.0457. The van der Waals surface area contributed by atoms with Crippen molar-refractivity contribution in [3.05, 3.63) is 34.6 Å². The number of esters is 1. The Morgan fingerprint density at radius 3 is 3.00 bits per heavy atom. The van der Waals surface area contributed by atoms with Crippen LogP contribution in [-0.4, -0.2) is 26.2 Å². The standard InChI is InChI=1S/C12H14ClN5O2/c1-2-5-18-11(15-16-17-18)7-20-12(19)9-4-3-8(13)6-10(9)14/h3-4,6H,2,5,7,14H2,1H3. The first kappa shape index (κ1) is 14.3. The number of nitrogens with zero attached hydrogens (tertiary/aromatic N) is 4. The third kappa shape index (κ3) is 3.24. The number of ether oxygens (including phenoxy) is 1. The van der Waals surface area contributed by atoms with Crippen molar-refractivity contribution in [2.45, 2.75) is 26.5 Å². The molecule has 8 heteroatoms. The van der Waals surface area contributed by atoms with Crippen LogP contribution in [0.3, 0.4) is 0 Å². The van der Waals surface area contributed by atoms with Gasteiger partial charge in [0.1, 0.15) is 0 Å². The summed E-state index contributed by atoms with van der Waals surface area (Å²) in [6, 6.07) is 4.60. The minimum atomic E-state index is -0.537. The van der Waals surface area contributed by atoms with Crippen molar-refractivity contribution < 1.29 is 9.53 Å². The van der Waals surface area contributed by atoms with Crippen LogP contribution >= 0.6 is 11.6 Å². The number of nitrogens with two attached hydrogens (primary N) is 1. The fourth-order valence-electron chi connectivity index (χ4n) is 1.64. The molecule has 0 unspecified atom stereocenters. The van der Waals surface area contributed by atoms with Gasteiger partial charge in [-0.2, -0.15) is 0 Å². The molecule has 2 aromatic rings. The molecule has 0 fully saturated rings. The highest BCUT2D eigenvalue weighted by molar-refractivity contribution is 6.31. The Hall–Kier alpha value is -2.15. The Morgan fingerprint density at radius 2 is 2.30 bits per heavy atom. The predicted molar refractivity (Wildman–Crippen MR) is 73.1 cm³/mol.